The first-order valence-corrected chi connectivity index (χ1v) is 10.1. The second kappa shape index (κ2) is 8.01. The molecule has 1 aromatic carbocycles. The Bertz CT molecular complexity index is 1370. The number of aryl methyl sites for hydroxylation is 2. The molecule has 4 aromatic rings. The Morgan fingerprint density at radius 1 is 1.22 bits per heavy atom. The van der Waals surface area contributed by atoms with Crippen molar-refractivity contribution < 1.29 is 18.3 Å². The van der Waals surface area contributed by atoms with Gasteiger partial charge in [-0.25, -0.2) is 19.3 Å². The number of imidazole rings is 1. The Kier molecular flexibility index (Phi) is 5.02. The normalized spacial score (nSPS) is 13.9. The third-order valence-corrected chi connectivity index (χ3v) is 5.25. The van der Waals surface area contributed by atoms with Gasteiger partial charge in [-0.15, -0.1) is 0 Å². The molecule has 5 rings (SSSR count). The monoisotopic (exact) mass is 433 g/mol. The highest BCUT2D eigenvalue weighted by Gasteiger charge is 2.18. The molecule has 0 unspecified atom stereocenters. The maximum Gasteiger partial charge on any atom is 0.293 e. The van der Waals surface area contributed by atoms with Crippen molar-refractivity contribution in [3.63, 3.8) is 0 Å². The predicted octanol–water partition coefficient (Wildman–Crippen LogP) is 4.20. The molecule has 0 saturated carbocycles. The van der Waals surface area contributed by atoms with Gasteiger partial charge in [0.05, 0.1) is 24.6 Å². The summed E-state index contributed by atoms with van der Waals surface area (Å²) < 4.78 is 27.1. The number of fused-ring (bicyclic) bond motifs is 1. The van der Waals surface area contributed by atoms with Gasteiger partial charge in [0.2, 0.25) is 11.5 Å². The molecule has 162 valence electrons. The standard InChI is InChI=1S/C23H20FN5O3/c1-13-21(32-14(2)26-13)22(30)27-17-3-4-19(24)18(9-17)20-12-29-11-16(10-25-23(29)28-20)15-5-7-31-8-6-15/h3-5,9-12H,6-8H2,1-2H3,(H,27,30). The second-order valence-electron chi connectivity index (χ2n) is 7.53. The molecule has 1 aliphatic rings. The van der Waals surface area contributed by atoms with Crippen molar-refractivity contribution >= 4 is 22.9 Å². The third-order valence-electron chi connectivity index (χ3n) is 5.25. The van der Waals surface area contributed by atoms with Gasteiger partial charge in [-0.1, -0.05) is 6.08 Å². The topological polar surface area (TPSA) is 94.6 Å². The van der Waals surface area contributed by atoms with E-state index in [4.69, 9.17) is 9.15 Å². The van der Waals surface area contributed by atoms with Crippen LogP contribution in [0, 0.1) is 19.7 Å². The number of benzene rings is 1. The molecule has 1 amide bonds. The summed E-state index contributed by atoms with van der Waals surface area (Å²) in [4.78, 5) is 25.5. The second-order valence-corrected chi connectivity index (χ2v) is 7.53. The largest absolute Gasteiger partial charge is 0.436 e. The van der Waals surface area contributed by atoms with E-state index in [0.717, 1.165) is 17.6 Å². The van der Waals surface area contributed by atoms with Gasteiger partial charge in [0.25, 0.3) is 5.91 Å². The SMILES string of the molecule is Cc1nc(C)c(C(=O)Nc2ccc(F)c(-c3cn4cc(C5=CCOCC5)cnc4n3)c2)o1. The Morgan fingerprint density at radius 2 is 2.09 bits per heavy atom. The molecule has 4 heterocycles. The van der Waals surface area contributed by atoms with Gasteiger partial charge >= 0.3 is 0 Å². The van der Waals surface area contributed by atoms with Crippen molar-refractivity contribution in [2.45, 2.75) is 20.3 Å². The summed E-state index contributed by atoms with van der Waals surface area (Å²) in [6.07, 6.45) is 8.26. The number of hydrogen-bond donors (Lipinski definition) is 1. The molecule has 1 N–H and O–H groups in total. The minimum atomic E-state index is -0.453. The van der Waals surface area contributed by atoms with Gasteiger partial charge in [0.1, 0.15) is 5.82 Å². The van der Waals surface area contributed by atoms with Crippen LogP contribution in [-0.4, -0.2) is 38.5 Å². The Balaban J connectivity index is 1.45. The lowest BCUT2D eigenvalue weighted by atomic mass is 10.1. The number of ether oxygens (including phenoxy) is 1. The molecule has 32 heavy (non-hydrogen) atoms. The first-order chi connectivity index (χ1) is 15.5. The van der Waals surface area contributed by atoms with Crippen LogP contribution in [0.2, 0.25) is 0 Å². The molecule has 0 spiro atoms. The maximum absolute atomic E-state index is 14.6. The number of nitrogens with zero attached hydrogens (tertiary/aromatic N) is 4. The fourth-order valence-electron chi connectivity index (χ4n) is 3.70. The third kappa shape index (κ3) is 3.78. The molecule has 0 saturated heterocycles. The van der Waals surface area contributed by atoms with Crippen molar-refractivity contribution in [1.29, 1.82) is 0 Å². The number of rotatable bonds is 4. The van der Waals surface area contributed by atoms with Crippen molar-refractivity contribution in [3.05, 3.63) is 71.6 Å². The Labute approximate surface area is 182 Å². The number of aromatic nitrogens is 4. The predicted molar refractivity (Wildman–Crippen MR) is 116 cm³/mol. The van der Waals surface area contributed by atoms with E-state index < -0.39 is 11.7 Å². The van der Waals surface area contributed by atoms with Crippen LogP contribution in [0.25, 0.3) is 22.6 Å². The summed E-state index contributed by atoms with van der Waals surface area (Å²) in [7, 11) is 0. The first-order valence-electron chi connectivity index (χ1n) is 10.1. The van der Waals surface area contributed by atoms with Crippen molar-refractivity contribution in [2.75, 3.05) is 18.5 Å². The molecular weight excluding hydrogens is 413 g/mol. The Morgan fingerprint density at radius 3 is 2.84 bits per heavy atom. The molecule has 9 heteroatoms. The van der Waals surface area contributed by atoms with Crippen molar-refractivity contribution in [3.8, 4) is 11.3 Å². The number of amides is 1. The molecule has 0 radical (unpaired) electrons. The number of nitrogens with one attached hydrogen (secondary N) is 1. The molecule has 0 aliphatic carbocycles. The van der Waals surface area contributed by atoms with Gasteiger partial charge in [-0.05, 0) is 37.1 Å². The fourth-order valence-corrected chi connectivity index (χ4v) is 3.70. The quantitative estimate of drug-likeness (QED) is 0.518. The molecule has 0 bridgehead atoms. The summed E-state index contributed by atoms with van der Waals surface area (Å²) in [6, 6.07) is 4.31. The van der Waals surface area contributed by atoms with E-state index >= 15 is 0 Å². The smallest absolute Gasteiger partial charge is 0.293 e. The van der Waals surface area contributed by atoms with Gasteiger partial charge in [0, 0.05) is 42.3 Å². The summed E-state index contributed by atoms with van der Waals surface area (Å²) in [6.45, 7) is 4.62. The zero-order chi connectivity index (χ0) is 22.2. The number of hydrogen-bond acceptors (Lipinski definition) is 6. The molecule has 8 nitrogen and oxygen atoms in total. The zero-order valence-corrected chi connectivity index (χ0v) is 17.6. The summed E-state index contributed by atoms with van der Waals surface area (Å²) in [5.74, 6) is 0.0796. The summed E-state index contributed by atoms with van der Waals surface area (Å²) in [5, 5.41) is 2.73. The summed E-state index contributed by atoms with van der Waals surface area (Å²) in [5.41, 5.74) is 3.71. The number of anilines is 1. The zero-order valence-electron chi connectivity index (χ0n) is 17.6. The maximum atomic E-state index is 14.6. The van der Waals surface area contributed by atoms with Crippen LogP contribution in [0.1, 0.15) is 34.1 Å². The van der Waals surface area contributed by atoms with Crippen molar-refractivity contribution in [2.24, 2.45) is 0 Å². The van der Waals surface area contributed by atoms with E-state index in [2.05, 4.69) is 20.3 Å². The lowest BCUT2D eigenvalue weighted by molar-refractivity contribution is 0.0994. The minimum Gasteiger partial charge on any atom is -0.436 e. The number of carbonyl (C=O) groups is 1. The minimum absolute atomic E-state index is 0.125. The van der Waals surface area contributed by atoms with E-state index in [9.17, 15) is 9.18 Å². The molecule has 3 aromatic heterocycles. The van der Waals surface area contributed by atoms with E-state index in [1.165, 1.54) is 18.2 Å². The summed E-state index contributed by atoms with van der Waals surface area (Å²) >= 11 is 0. The van der Waals surface area contributed by atoms with E-state index in [-0.39, 0.29) is 11.3 Å². The molecule has 0 atom stereocenters. The van der Waals surface area contributed by atoms with Gasteiger partial charge in [-0.2, -0.15) is 0 Å². The fraction of sp³-hybridized carbons (Fsp3) is 0.217. The highest BCUT2D eigenvalue weighted by molar-refractivity contribution is 6.03. The van der Waals surface area contributed by atoms with Gasteiger partial charge in [-0.3, -0.25) is 9.20 Å². The van der Waals surface area contributed by atoms with Crippen LogP contribution >= 0.6 is 0 Å². The van der Waals surface area contributed by atoms with Crippen molar-refractivity contribution in [1.82, 2.24) is 19.4 Å². The lowest BCUT2D eigenvalue weighted by Crippen LogP contribution is -2.12. The highest BCUT2D eigenvalue weighted by atomic mass is 19.1. The molecule has 1 aliphatic heterocycles. The van der Waals surface area contributed by atoms with Gasteiger partial charge < -0.3 is 14.5 Å². The molecule has 0 fully saturated rings. The van der Waals surface area contributed by atoms with Crippen LogP contribution in [0.3, 0.4) is 0 Å². The first kappa shape index (κ1) is 20.1. The lowest BCUT2D eigenvalue weighted by Gasteiger charge is -2.13. The van der Waals surface area contributed by atoms with Crippen LogP contribution in [0.4, 0.5) is 10.1 Å². The van der Waals surface area contributed by atoms with E-state index in [1.54, 1.807) is 30.6 Å². The highest BCUT2D eigenvalue weighted by Crippen LogP contribution is 2.27. The van der Waals surface area contributed by atoms with E-state index in [1.807, 2.05) is 12.3 Å². The van der Waals surface area contributed by atoms with Crippen LogP contribution in [0.15, 0.2) is 47.3 Å². The molecular formula is C23H20FN5O3. The van der Waals surface area contributed by atoms with Crippen LogP contribution < -0.4 is 5.32 Å². The van der Waals surface area contributed by atoms with Gasteiger partial charge in [0.15, 0.2) is 5.89 Å². The number of oxazole rings is 1. The number of carbonyl (C=O) groups excluding carboxylic acids is 1. The van der Waals surface area contributed by atoms with E-state index in [0.29, 0.717) is 42.0 Å². The average molecular weight is 433 g/mol. The average Bonchev–Trinajstić information content (AvgIpc) is 3.37. The van der Waals surface area contributed by atoms with Crippen LogP contribution in [0.5, 0.6) is 0 Å². The number of halogens is 1. The van der Waals surface area contributed by atoms with Crippen LogP contribution in [-0.2, 0) is 4.74 Å². The Hall–Kier alpha value is -3.85.